The average molecular weight is 570 g/mol. The van der Waals surface area contributed by atoms with E-state index in [1.165, 1.54) is 29.2 Å². The highest BCUT2D eigenvalue weighted by molar-refractivity contribution is 5.94. The van der Waals surface area contributed by atoms with E-state index in [-0.39, 0.29) is 37.2 Å². The molecule has 13 heteroatoms. The third kappa shape index (κ3) is 8.93. The number of carboxylic acid groups (broad SMARTS) is 1. The first-order valence-electron chi connectivity index (χ1n) is 13.2. The number of phenolic OH excluding ortho intramolecular Hbond substituents is 2. The maximum atomic E-state index is 13.4. The Kier molecular flexibility index (Phi) is 10.6. The molecule has 2 aromatic carbocycles. The molecule has 13 nitrogen and oxygen atoms in total. The minimum atomic E-state index is -1.42. The van der Waals surface area contributed by atoms with Gasteiger partial charge in [0.2, 0.25) is 23.6 Å². The summed E-state index contributed by atoms with van der Waals surface area (Å²) in [6, 6.07) is 7.71. The second-order valence-electron chi connectivity index (χ2n) is 10.0. The van der Waals surface area contributed by atoms with E-state index < -0.39 is 53.8 Å². The number of hydrogen-bond acceptors (Lipinski definition) is 8. The first-order valence-corrected chi connectivity index (χ1v) is 13.2. The zero-order chi connectivity index (χ0) is 30.1. The predicted octanol–water partition coefficient (Wildman–Crippen LogP) is -0.479. The van der Waals surface area contributed by atoms with E-state index in [0.717, 1.165) is 5.56 Å². The van der Waals surface area contributed by atoms with Crippen LogP contribution in [0, 0.1) is 0 Å². The van der Waals surface area contributed by atoms with Gasteiger partial charge in [-0.15, -0.1) is 0 Å². The second kappa shape index (κ2) is 14.1. The van der Waals surface area contributed by atoms with Crippen molar-refractivity contribution in [2.45, 2.75) is 62.7 Å². The first kappa shape index (κ1) is 30.9. The van der Waals surface area contributed by atoms with Crippen LogP contribution in [0.3, 0.4) is 0 Å². The highest BCUT2D eigenvalue weighted by atomic mass is 16.4. The number of benzene rings is 2. The third-order valence-electron chi connectivity index (χ3n) is 6.85. The Morgan fingerprint density at radius 3 is 1.98 bits per heavy atom. The molecule has 1 saturated heterocycles. The van der Waals surface area contributed by atoms with Crippen LogP contribution in [0.15, 0.2) is 48.5 Å². The predicted molar refractivity (Wildman–Crippen MR) is 146 cm³/mol. The monoisotopic (exact) mass is 569 g/mol. The van der Waals surface area contributed by atoms with E-state index in [2.05, 4.69) is 10.6 Å². The summed E-state index contributed by atoms with van der Waals surface area (Å²) in [5.74, 6) is -3.86. The molecule has 1 heterocycles. The topological polar surface area (TPSA) is 225 Å². The zero-order valence-electron chi connectivity index (χ0n) is 22.4. The minimum Gasteiger partial charge on any atom is -0.508 e. The lowest BCUT2D eigenvalue weighted by Crippen LogP contribution is -2.57. The van der Waals surface area contributed by atoms with Crippen molar-refractivity contribution >= 4 is 29.6 Å². The Morgan fingerprint density at radius 1 is 0.878 bits per heavy atom. The number of nitrogens with two attached hydrogens (primary N) is 2. The molecule has 0 spiro atoms. The maximum Gasteiger partial charge on any atom is 0.326 e. The number of carbonyl (C=O) groups excluding carboxylic acids is 4. The van der Waals surface area contributed by atoms with Crippen LogP contribution in [-0.2, 0) is 36.8 Å². The van der Waals surface area contributed by atoms with Crippen LogP contribution < -0.4 is 22.1 Å². The molecule has 0 saturated carbocycles. The van der Waals surface area contributed by atoms with Gasteiger partial charge in [-0.2, -0.15) is 0 Å². The fraction of sp³-hybridized carbons (Fsp3) is 0.393. The molecule has 4 atom stereocenters. The van der Waals surface area contributed by atoms with Crippen LogP contribution >= 0.6 is 0 Å². The van der Waals surface area contributed by atoms with Gasteiger partial charge in [-0.3, -0.25) is 19.2 Å². The molecule has 9 N–H and O–H groups in total. The van der Waals surface area contributed by atoms with Crippen molar-refractivity contribution in [2.75, 3.05) is 6.54 Å². The summed E-state index contributed by atoms with van der Waals surface area (Å²) in [4.78, 5) is 64.0. The van der Waals surface area contributed by atoms with E-state index in [1.807, 2.05) is 0 Å². The number of primary amides is 1. The van der Waals surface area contributed by atoms with Gasteiger partial charge in [0.05, 0.1) is 6.04 Å². The molecule has 2 aromatic rings. The molecule has 1 fully saturated rings. The van der Waals surface area contributed by atoms with Crippen molar-refractivity contribution in [3.05, 3.63) is 59.7 Å². The van der Waals surface area contributed by atoms with Gasteiger partial charge < -0.3 is 42.3 Å². The quantitative estimate of drug-likeness (QED) is 0.165. The van der Waals surface area contributed by atoms with Crippen LogP contribution in [0.1, 0.15) is 36.8 Å². The Morgan fingerprint density at radius 2 is 1.44 bits per heavy atom. The average Bonchev–Trinajstić information content (AvgIpc) is 3.42. The zero-order valence-corrected chi connectivity index (χ0v) is 22.4. The number of likely N-dealkylation sites (tertiary alicyclic amines) is 1. The van der Waals surface area contributed by atoms with Gasteiger partial charge in [0.15, 0.2) is 0 Å². The lowest BCUT2D eigenvalue weighted by Gasteiger charge is -2.29. The molecule has 0 aromatic heterocycles. The highest BCUT2D eigenvalue weighted by Crippen LogP contribution is 2.20. The molecule has 41 heavy (non-hydrogen) atoms. The summed E-state index contributed by atoms with van der Waals surface area (Å²) >= 11 is 0. The molecule has 1 aliphatic rings. The third-order valence-corrected chi connectivity index (χ3v) is 6.85. The van der Waals surface area contributed by atoms with Gasteiger partial charge >= 0.3 is 5.97 Å². The summed E-state index contributed by atoms with van der Waals surface area (Å²) in [6.45, 7) is 0.295. The van der Waals surface area contributed by atoms with Gasteiger partial charge in [0.1, 0.15) is 29.6 Å². The first-order chi connectivity index (χ1) is 19.4. The van der Waals surface area contributed by atoms with Crippen molar-refractivity contribution in [2.24, 2.45) is 11.5 Å². The summed E-state index contributed by atoms with van der Waals surface area (Å²) in [5.41, 5.74) is 12.6. The number of hydrogen-bond donors (Lipinski definition) is 7. The number of aliphatic carboxylic acids is 1. The highest BCUT2D eigenvalue weighted by Gasteiger charge is 2.38. The summed E-state index contributed by atoms with van der Waals surface area (Å²) < 4.78 is 0. The fourth-order valence-corrected chi connectivity index (χ4v) is 4.65. The number of nitrogens with one attached hydrogen (secondary N) is 2. The van der Waals surface area contributed by atoms with Gasteiger partial charge in [-0.25, -0.2) is 4.79 Å². The molecule has 4 amide bonds. The Bertz CT molecular complexity index is 1250. The largest absolute Gasteiger partial charge is 0.508 e. The maximum absolute atomic E-state index is 13.4. The van der Waals surface area contributed by atoms with Gasteiger partial charge in [0, 0.05) is 19.4 Å². The fourth-order valence-electron chi connectivity index (χ4n) is 4.65. The van der Waals surface area contributed by atoms with E-state index in [1.54, 1.807) is 24.3 Å². The van der Waals surface area contributed by atoms with E-state index in [0.29, 0.717) is 24.9 Å². The molecular formula is C28H35N5O8. The lowest BCUT2D eigenvalue weighted by molar-refractivity contribution is -0.143. The minimum absolute atomic E-state index is 0.0000624. The van der Waals surface area contributed by atoms with Crippen LogP contribution in [0.4, 0.5) is 0 Å². The van der Waals surface area contributed by atoms with E-state index in [9.17, 15) is 39.3 Å². The van der Waals surface area contributed by atoms with Crippen molar-refractivity contribution in [1.82, 2.24) is 15.5 Å². The smallest absolute Gasteiger partial charge is 0.326 e. The number of nitrogens with zero attached hydrogens (tertiary/aromatic N) is 1. The Balaban J connectivity index is 1.74. The molecule has 3 rings (SSSR count). The van der Waals surface area contributed by atoms with Crippen LogP contribution in [-0.4, -0.2) is 80.5 Å². The van der Waals surface area contributed by atoms with E-state index >= 15 is 0 Å². The van der Waals surface area contributed by atoms with Crippen molar-refractivity contribution in [3.8, 4) is 11.5 Å². The number of carboxylic acids is 1. The van der Waals surface area contributed by atoms with Gasteiger partial charge in [-0.1, -0.05) is 24.3 Å². The van der Waals surface area contributed by atoms with Gasteiger partial charge in [0.25, 0.3) is 0 Å². The molecule has 4 unspecified atom stereocenters. The van der Waals surface area contributed by atoms with Crippen molar-refractivity contribution in [3.63, 3.8) is 0 Å². The number of aromatic hydroxyl groups is 2. The van der Waals surface area contributed by atoms with Crippen molar-refractivity contribution in [1.29, 1.82) is 0 Å². The normalized spacial score (nSPS) is 16.8. The van der Waals surface area contributed by atoms with Crippen LogP contribution in [0.5, 0.6) is 11.5 Å². The van der Waals surface area contributed by atoms with Crippen LogP contribution in [0.2, 0.25) is 0 Å². The standard InChI is InChI=1S/C28H35N5O8/c29-20(14-16-3-7-18(34)8-4-16)27(39)33-13-1-2-23(33)26(38)32-22(15-17-5-9-19(35)10-6-17)25(37)31-21(28(40)41)11-12-24(30)36/h3-10,20-23,34-35H,1-2,11-15,29H2,(H2,30,36)(H,31,37)(H,32,38)(H,40,41). The Labute approximate surface area is 236 Å². The number of carbonyl (C=O) groups is 5. The lowest BCUT2D eigenvalue weighted by atomic mass is 10.0. The second-order valence-corrected chi connectivity index (χ2v) is 10.0. The molecule has 220 valence electrons. The molecule has 1 aliphatic heterocycles. The number of amides is 4. The summed E-state index contributed by atoms with van der Waals surface area (Å²) in [7, 11) is 0. The van der Waals surface area contributed by atoms with Crippen LogP contribution in [0.25, 0.3) is 0 Å². The summed E-state index contributed by atoms with van der Waals surface area (Å²) in [5, 5.41) is 33.6. The SMILES string of the molecule is NC(=O)CCC(NC(=O)C(Cc1ccc(O)cc1)NC(=O)C1CCCN1C(=O)C(N)Cc1ccc(O)cc1)C(=O)O. The number of rotatable bonds is 13. The Hall–Kier alpha value is -4.65. The van der Waals surface area contributed by atoms with Gasteiger partial charge in [-0.05, 0) is 61.1 Å². The molecular weight excluding hydrogens is 534 g/mol. The van der Waals surface area contributed by atoms with E-state index in [4.69, 9.17) is 11.5 Å². The number of phenols is 2. The molecule has 0 aliphatic carbocycles. The molecule has 0 radical (unpaired) electrons. The molecule has 0 bridgehead atoms. The van der Waals surface area contributed by atoms with Crippen molar-refractivity contribution < 1.29 is 39.3 Å². The summed E-state index contributed by atoms with van der Waals surface area (Å²) in [6.07, 6.45) is 0.529.